The maximum Gasteiger partial charge on any atom is 0.129 e. The van der Waals surface area contributed by atoms with Crippen LogP contribution in [-0.4, -0.2) is 11.6 Å². The third-order valence-corrected chi connectivity index (χ3v) is 4.07. The number of hydrogen-bond acceptors (Lipinski definition) is 2. The SMILES string of the molecule is CNC(c1ccn(Cc2ccc(C#N)cc2F)c1)C1CC1. The maximum absolute atomic E-state index is 13.9. The molecule has 0 aliphatic heterocycles. The third-order valence-electron chi connectivity index (χ3n) is 4.07. The first-order valence-corrected chi connectivity index (χ1v) is 7.22. The van der Waals surface area contributed by atoms with Gasteiger partial charge in [-0.3, -0.25) is 0 Å². The molecule has 0 bridgehead atoms. The summed E-state index contributed by atoms with van der Waals surface area (Å²) in [5, 5.41) is 12.1. The van der Waals surface area contributed by atoms with E-state index in [1.807, 2.05) is 23.9 Å². The fourth-order valence-corrected chi connectivity index (χ4v) is 2.79. The lowest BCUT2D eigenvalue weighted by molar-refractivity contribution is 0.527. The average Bonchev–Trinajstić information content (AvgIpc) is 3.22. The zero-order chi connectivity index (χ0) is 14.8. The number of aromatic nitrogens is 1. The Morgan fingerprint density at radius 2 is 2.24 bits per heavy atom. The Hall–Kier alpha value is -2.12. The van der Waals surface area contributed by atoms with Crippen molar-refractivity contribution in [3.63, 3.8) is 0 Å². The lowest BCUT2D eigenvalue weighted by Crippen LogP contribution is -2.17. The highest BCUT2D eigenvalue weighted by atomic mass is 19.1. The van der Waals surface area contributed by atoms with Crippen LogP contribution in [0.1, 0.15) is 35.6 Å². The van der Waals surface area contributed by atoms with E-state index in [0.717, 1.165) is 5.92 Å². The summed E-state index contributed by atoms with van der Waals surface area (Å²) in [6.07, 6.45) is 6.62. The molecule has 0 spiro atoms. The van der Waals surface area contributed by atoms with Gasteiger partial charge in [-0.05, 0) is 49.6 Å². The first kappa shape index (κ1) is 13.8. The third kappa shape index (κ3) is 2.98. The second-order valence-electron chi connectivity index (χ2n) is 5.64. The van der Waals surface area contributed by atoms with Crippen molar-refractivity contribution in [1.29, 1.82) is 5.26 Å². The van der Waals surface area contributed by atoms with Crippen LogP contribution < -0.4 is 5.32 Å². The zero-order valence-corrected chi connectivity index (χ0v) is 12.0. The van der Waals surface area contributed by atoms with Crippen LogP contribution in [0.3, 0.4) is 0 Å². The highest BCUT2D eigenvalue weighted by Crippen LogP contribution is 2.40. The predicted octanol–water partition coefficient (Wildman–Crippen LogP) is 3.22. The second-order valence-corrected chi connectivity index (χ2v) is 5.64. The molecule has 1 unspecified atom stereocenters. The summed E-state index contributed by atoms with van der Waals surface area (Å²) in [6.45, 7) is 0.485. The van der Waals surface area contributed by atoms with Crippen molar-refractivity contribution < 1.29 is 4.39 Å². The van der Waals surface area contributed by atoms with Gasteiger partial charge in [-0.2, -0.15) is 5.26 Å². The van der Waals surface area contributed by atoms with Crippen LogP contribution >= 0.6 is 0 Å². The van der Waals surface area contributed by atoms with Crippen molar-refractivity contribution in [2.75, 3.05) is 7.05 Å². The molecular weight excluding hydrogens is 265 g/mol. The molecule has 108 valence electrons. The minimum Gasteiger partial charge on any atom is -0.349 e. The van der Waals surface area contributed by atoms with Gasteiger partial charge < -0.3 is 9.88 Å². The molecule has 0 saturated heterocycles. The van der Waals surface area contributed by atoms with Crippen molar-refractivity contribution in [2.45, 2.75) is 25.4 Å². The van der Waals surface area contributed by atoms with E-state index in [-0.39, 0.29) is 5.82 Å². The molecule has 21 heavy (non-hydrogen) atoms. The molecule has 1 aliphatic carbocycles. The standard InChI is InChI=1S/C17H18FN3/c1-20-17(13-4-5-13)15-6-7-21(11-15)10-14-3-2-12(9-19)8-16(14)18/h2-3,6-8,11,13,17,20H,4-5,10H2,1H3. The molecule has 1 aromatic carbocycles. The van der Waals surface area contributed by atoms with Gasteiger partial charge >= 0.3 is 0 Å². The number of benzene rings is 1. The average molecular weight is 283 g/mol. The van der Waals surface area contributed by atoms with Crippen molar-refractivity contribution in [3.8, 4) is 6.07 Å². The zero-order valence-electron chi connectivity index (χ0n) is 12.0. The van der Waals surface area contributed by atoms with E-state index in [2.05, 4.69) is 17.6 Å². The molecule has 4 heteroatoms. The van der Waals surface area contributed by atoms with Crippen molar-refractivity contribution in [2.24, 2.45) is 5.92 Å². The molecule has 1 N–H and O–H groups in total. The summed E-state index contributed by atoms with van der Waals surface area (Å²) < 4.78 is 15.9. The van der Waals surface area contributed by atoms with Crippen molar-refractivity contribution >= 4 is 0 Å². The molecule has 3 rings (SSSR count). The van der Waals surface area contributed by atoms with Gasteiger partial charge in [0.25, 0.3) is 0 Å². The Morgan fingerprint density at radius 1 is 1.43 bits per heavy atom. The van der Waals surface area contributed by atoms with Crippen LogP contribution in [0.4, 0.5) is 4.39 Å². The highest BCUT2D eigenvalue weighted by molar-refractivity contribution is 5.33. The quantitative estimate of drug-likeness (QED) is 0.915. The van der Waals surface area contributed by atoms with Crippen LogP contribution in [0.25, 0.3) is 0 Å². The first-order valence-electron chi connectivity index (χ1n) is 7.22. The van der Waals surface area contributed by atoms with Gasteiger partial charge in [0.1, 0.15) is 5.82 Å². The van der Waals surface area contributed by atoms with E-state index in [4.69, 9.17) is 5.26 Å². The second kappa shape index (κ2) is 5.71. The molecule has 0 radical (unpaired) electrons. The summed E-state index contributed by atoms with van der Waals surface area (Å²) in [4.78, 5) is 0. The van der Waals surface area contributed by atoms with Gasteiger partial charge in [-0.15, -0.1) is 0 Å². The summed E-state index contributed by atoms with van der Waals surface area (Å²) in [6, 6.07) is 9.08. The summed E-state index contributed by atoms with van der Waals surface area (Å²) in [5.74, 6) is 0.411. The van der Waals surface area contributed by atoms with Gasteiger partial charge in [-0.25, -0.2) is 4.39 Å². The molecule has 1 aliphatic rings. The lowest BCUT2D eigenvalue weighted by Gasteiger charge is -2.13. The summed E-state index contributed by atoms with van der Waals surface area (Å²) in [5.41, 5.74) is 2.21. The van der Waals surface area contributed by atoms with E-state index in [1.54, 1.807) is 12.1 Å². The Kier molecular flexibility index (Phi) is 3.76. The van der Waals surface area contributed by atoms with Crippen LogP contribution in [0.5, 0.6) is 0 Å². The van der Waals surface area contributed by atoms with E-state index in [0.29, 0.717) is 23.7 Å². The van der Waals surface area contributed by atoms with E-state index >= 15 is 0 Å². The predicted molar refractivity (Wildman–Crippen MR) is 79.2 cm³/mol. The Balaban J connectivity index is 1.76. The smallest absolute Gasteiger partial charge is 0.129 e. The minimum atomic E-state index is -0.323. The number of nitrogens with one attached hydrogen (secondary N) is 1. The monoisotopic (exact) mass is 283 g/mol. The van der Waals surface area contributed by atoms with E-state index < -0.39 is 0 Å². The van der Waals surface area contributed by atoms with Gasteiger partial charge in [0.2, 0.25) is 0 Å². The fourth-order valence-electron chi connectivity index (χ4n) is 2.79. The molecule has 1 heterocycles. The number of nitrogens with zero attached hydrogens (tertiary/aromatic N) is 2. The van der Waals surface area contributed by atoms with Crippen molar-refractivity contribution in [1.82, 2.24) is 9.88 Å². The van der Waals surface area contributed by atoms with Gasteiger partial charge in [0.05, 0.1) is 11.6 Å². The number of nitriles is 1. The molecule has 3 nitrogen and oxygen atoms in total. The fraction of sp³-hybridized carbons (Fsp3) is 0.353. The van der Waals surface area contributed by atoms with E-state index in [1.165, 1.54) is 24.5 Å². The molecular formula is C17H18FN3. The number of halogens is 1. The van der Waals surface area contributed by atoms with Crippen LogP contribution in [0.15, 0.2) is 36.7 Å². The topological polar surface area (TPSA) is 40.8 Å². The summed E-state index contributed by atoms with van der Waals surface area (Å²) >= 11 is 0. The lowest BCUT2D eigenvalue weighted by atomic mass is 10.1. The number of hydrogen-bond donors (Lipinski definition) is 1. The van der Waals surface area contributed by atoms with Crippen molar-refractivity contribution in [3.05, 3.63) is 59.2 Å². The summed E-state index contributed by atoms with van der Waals surface area (Å²) in [7, 11) is 1.99. The van der Waals surface area contributed by atoms with Crippen LogP contribution in [0, 0.1) is 23.1 Å². The normalized spacial score (nSPS) is 15.7. The molecule has 1 fully saturated rings. The first-order chi connectivity index (χ1) is 10.2. The Bertz CT molecular complexity index is 680. The van der Waals surface area contributed by atoms with Crippen LogP contribution in [0.2, 0.25) is 0 Å². The molecule has 2 aromatic rings. The molecule has 0 amide bonds. The largest absolute Gasteiger partial charge is 0.349 e. The van der Waals surface area contributed by atoms with E-state index in [9.17, 15) is 4.39 Å². The molecule has 1 aromatic heterocycles. The maximum atomic E-state index is 13.9. The van der Waals surface area contributed by atoms with Gasteiger partial charge in [0.15, 0.2) is 0 Å². The van der Waals surface area contributed by atoms with Gasteiger partial charge in [-0.1, -0.05) is 6.07 Å². The minimum absolute atomic E-state index is 0.323. The Labute approximate surface area is 124 Å². The molecule has 1 saturated carbocycles. The molecule has 1 atom stereocenters. The Morgan fingerprint density at radius 3 is 2.86 bits per heavy atom. The van der Waals surface area contributed by atoms with Gasteiger partial charge in [0, 0.05) is 30.5 Å². The van der Waals surface area contributed by atoms with Crippen LogP contribution in [-0.2, 0) is 6.54 Å². The number of rotatable bonds is 5. The highest BCUT2D eigenvalue weighted by Gasteiger charge is 2.31.